The monoisotopic (exact) mass is 548 g/mol. The maximum absolute atomic E-state index is 7.14. The van der Waals surface area contributed by atoms with E-state index in [0.717, 1.165) is 40.2 Å². The van der Waals surface area contributed by atoms with Crippen LogP contribution in [-0.2, 0) is 5.41 Å². The van der Waals surface area contributed by atoms with Gasteiger partial charge in [0.2, 0.25) is 0 Å². The van der Waals surface area contributed by atoms with Gasteiger partial charge in [-0.3, -0.25) is 0 Å². The molecule has 0 aromatic heterocycles. The van der Waals surface area contributed by atoms with Gasteiger partial charge >= 0.3 is 0 Å². The zero-order valence-corrected chi connectivity index (χ0v) is 23.9. The third kappa shape index (κ3) is 3.35. The predicted octanol–water partition coefficient (Wildman–Crippen LogP) is 10.5. The average molecular weight is 549 g/mol. The Bertz CT molecular complexity index is 1740. The van der Waals surface area contributed by atoms with Crippen molar-refractivity contribution in [3.8, 4) is 22.3 Å². The van der Waals surface area contributed by atoms with Gasteiger partial charge in [0, 0.05) is 10.6 Å². The summed E-state index contributed by atoms with van der Waals surface area (Å²) in [5, 5.41) is 0.892. The maximum Gasteiger partial charge on any atom is 0.0713 e. The van der Waals surface area contributed by atoms with Crippen LogP contribution < -0.4 is 0 Å². The molecule has 5 aliphatic carbocycles. The zero-order chi connectivity index (χ0) is 27.1. The Morgan fingerprint density at radius 1 is 0.537 bits per heavy atom. The van der Waals surface area contributed by atoms with Crippen LogP contribution in [0.1, 0.15) is 59.4 Å². The van der Waals surface area contributed by atoms with Crippen molar-refractivity contribution in [2.45, 2.75) is 37.0 Å². The molecule has 0 heterocycles. The Morgan fingerprint density at radius 2 is 1.22 bits per heavy atom. The van der Waals surface area contributed by atoms with E-state index in [1.807, 2.05) is 0 Å². The maximum atomic E-state index is 7.14. The van der Waals surface area contributed by atoms with E-state index in [2.05, 4.69) is 121 Å². The Hall–Kier alpha value is -3.61. The summed E-state index contributed by atoms with van der Waals surface area (Å²) in [7, 11) is 0. The molecule has 0 N–H and O–H groups in total. The fourth-order valence-corrected chi connectivity index (χ4v) is 10.1. The lowest BCUT2D eigenvalue weighted by Crippen LogP contribution is -2.28. The summed E-state index contributed by atoms with van der Waals surface area (Å²) in [6, 6.07) is 45.1. The van der Waals surface area contributed by atoms with Crippen molar-refractivity contribution in [3.63, 3.8) is 0 Å². The van der Waals surface area contributed by atoms with E-state index >= 15 is 0 Å². The fourth-order valence-electron chi connectivity index (χ4n) is 9.84. The van der Waals surface area contributed by atoms with E-state index in [-0.39, 0.29) is 5.41 Å². The second-order valence-electron chi connectivity index (χ2n) is 13.0. The number of halogens is 1. The van der Waals surface area contributed by atoms with Crippen LogP contribution in [0.2, 0.25) is 5.02 Å². The van der Waals surface area contributed by atoms with Gasteiger partial charge in [-0.2, -0.15) is 0 Å². The second kappa shape index (κ2) is 8.94. The van der Waals surface area contributed by atoms with Crippen molar-refractivity contribution in [1.29, 1.82) is 0 Å². The van der Waals surface area contributed by atoms with Crippen molar-refractivity contribution in [2.24, 2.45) is 23.7 Å². The molecule has 0 amide bonds. The van der Waals surface area contributed by atoms with E-state index in [9.17, 15) is 0 Å². The van der Waals surface area contributed by atoms with Crippen molar-refractivity contribution in [3.05, 3.63) is 154 Å². The SMILES string of the molecule is Clc1cc(C2C3CC4CC(C3)C2C4)ccc1-c1ccc2c(c1)-c1ccccc1C2(c1ccccc1)c1ccccc1. The minimum absolute atomic E-state index is 0.360. The average Bonchev–Trinajstić information content (AvgIpc) is 3.58. The van der Waals surface area contributed by atoms with Gasteiger partial charge in [-0.05, 0) is 112 Å². The molecule has 5 aliphatic rings. The molecule has 0 aliphatic heterocycles. The first-order valence-corrected chi connectivity index (χ1v) is 15.7. The van der Waals surface area contributed by atoms with Gasteiger partial charge in [0.1, 0.15) is 0 Å². The predicted molar refractivity (Wildman–Crippen MR) is 169 cm³/mol. The van der Waals surface area contributed by atoms with Gasteiger partial charge in [0.25, 0.3) is 0 Å². The van der Waals surface area contributed by atoms with Crippen LogP contribution >= 0.6 is 11.6 Å². The quantitative estimate of drug-likeness (QED) is 0.205. The van der Waals surface area contributed by atoms with E-state index in [1.165, 1.54) is 70.2 Å². The van der Waals surface area contributed by atoms with Crippen LogP contribution in [-0.4, -0.2) is 0 Å². The molecule has 4 bridgehead atoms. The Labute approximate surface area is 248 Å². The Kier molecular flexibility index (Phi) is 5.24. The van der Waals surface area contributed by atoms with Crippen LogP contribution in [0.25, 0.3) is 22.3 Å². The van der Waals surface area contributed by atoms with Crippen molar-refractivity contribution < 1.29 is 0 Å². The van der Waals surface area contributed by atoms with Crippen LogP contribution in [0.5, 0.6) is 0 Å². The molecular formula is C40H33Cl. The Morgan fingerprint density at radius 3 is 1.95 bits per heavy atom. The third-order valence-corrected chi connectivity index (χ3v) is 11.5. The van der Waals surface area contributed by atoms with E-state index < -0.39 is 0 Å². The highest BCUT2D eigenvalue weighted by Gasteiger charge is 2.54. The highest BCUT2D eigenvalue weighted by Crippen LogP contribution is 2.64. The molecule has 200 valence electrons. The summed E-state index contributed by atoms with van der Waals surface area (Å²) in [5.74, 6) is 4.45. The summed E-state index contributed by atoms with van der Waals surface area (Å²) < 4.78 is 0. The normalized spacial score (nSPS) is 26.2. The van der Waals surface area contributed by atoms with Crippen LogP contribution in [0, 0.1) is 23.7 Å². The van der Waals surface area contributed by atoms with E-state index in [0.29, 0.717) is 0 Å². The van der Waals surface area contributed by atoms with Gasteiger partial charge < -0.3 is 0 Å². The first-order valence-electron chi connectivity index (χ1n) is 15.4. The molecular weight excluding hydrogens is 516 g/mol. The fraction of sp³-hybridized carbons (Fsp3) is 0.250. The largest absolute Gasteiger partial charge is 0.0837 e. The second-order valence-corrected chi connectivity index (χ2v) is 13.5. The molecule has 5 atom stereocenters. The summed E-state index contributed by atoms with van der Waals surface area (Å²) in [4.78, 5) is 0. The van der Waals surface area contributed by atoms with Gasteiger partial charge in [-0.25, -0.2) is 0 Å². The Balaban J connectivity index is 1.19. The summed E-state index contributed by atoms with van der Waals surface area (Å²) in [6.07, 6.45) is 5.80. The molecule has 0 saturated heterocycles. The molecule has 41 heavy (non-hydrogen) atoms. The number of hydrogen-bond acceptors (Lipinski definition) is 0. The summed E-state index contributed by atoms with van der Waals surface area (Å²) in [5.41, 5.74) is 11.3. The molecule has 10 rings (SSSR count). The van der Waals surface area contributed by atoms with Gasteiger partial charge in [-0.15, -0.1) is 0 Å². The number of fused-ring (bicyclic) bond motifs is 3. The van der Waals surface area contributed by atoms with Gasteiger partial charge in [0.05, 0.1) is 5.41 Å². The van der Waals surface area contributed by atoms with Gasteiger partial charge in [0.15, 0.2) is 0 Å². The molecule has 1 heteroatoms. The lowest BCUT2D eigenvalue weighted by Gasteiger charge is -2.34. The number of benzene rings is 5. The van der Waals surface area contributed by atoms with Crippen LogP contribution in [0.15, 0.2) is 121 Å². The smallest absolute Gasteiger partial charge is 0.0713 e. The molecule has 4 saturated carbocycles. The third-order valence-electron chi connectivity index (χ3n) is 11.2. The van der Waals surface area contributed by atoms with E-state index in [4.69, 9.17) is 11.6 Å². The first-order chi connectivity index (χ1) is 20.2. The zero-order valence-electron chi connectivity index (χ0n) is 23.1. The topological polar surface area (TPSA) is 0 Å². The highest BCUT2D eigenvalue weighted by atomic mass is 35.5. The molecule has 0 radical (unpaired) electrons. The number of hydrogen-bond donors (Lipinski definition) is 0. The van der Waals surface area contributed by atoms with Crippen molar-refractivity contribution in [2.75, 3.05) is 0 Å². The standard InChI is InChI=1S/C40H33Cl/c41-38-24-27(39-29-20-25-19-28(22-29)34(39)21-25)15-17-32(38)26-16-18-37-35(23-26)33-13-7-8-14-36(33)40(37,30-9-3-1-4-10-30)31-11-5-2-6-12-31/h1-18,23-25,28-29,34,39H,19-22H2. The first kappa shape index (κ1) is 24.0. The molecule has 4 fully saturated rings. The molecule has 0 spiro atoms. The lowest BCUT2D eigenvalue weighted by molar-refractivity contribution is 0.249. The summed E-state index contributed by atoms with van der Waals surface area (Å²) in [6.45, 7) is 0. The van der Waals surface area contributed by atoms with Crippen molar-refractivity contribution in [1.82, 2.24) is 0 Å². The molecule has 5 aromatic rings. The van der Waals surface area contributed by atoms with Gasteiger partial charge in [-0.1, -0.05) is 121 Å². The van der Waals surface area contributed by atoms with Crippen LogP contribution in [0.3, 0.4) is 0 Å². The minimum atomic E-state index is -0.360. The van der Waals surface area contributed by atoms with Crippen LogP contribution in [0.4, 0.5) is 0 Å². The molecule has 0 nitrogen and oxygen atoms in total. The molecule has 5 aromatic carbocycles. The molecule has 5 unspecified atom stereocenters. The van der Waals surface area contributed by atoms with Crippen molar-refractivity contribution >= 4 is 11.6 Å². The highest BCUT2D eigenvalue weighted by molar-refractivity contribution is 6.33. The van der Waals surface area contributed by atoms with E-state index in [1.54, 1.807) is 0 Å². The number of rotatable bonds is 4. The minimum Gasteiger partial charge on any atom is -0.0837 e. The summed E-state index contributed by atoms with van der Waals surface area (Å²) >= 11 is 7.14. The lowest BCUT2D eigenvalue weighted by atomic mass is 9.67.